The van der Waals surface area contributed by atoms with Gasteiger partial charge in [0.2, 0.25) is 0 Å². The van der Waals surface area contributed by atoms with Gasteiger partial charge in [0.1, 0.15) is 0 Å². The normalized spacial score (nSPS) is 27.0. The van der Waals surface area contributed by atoms with Crippen LogP contribution in [-0.4, -0.2) is 37.6 Å². The summed E-state index contributed by atoms with van der Waals surface area (Å²) in [6.07, 6.45) is 7.03. The summed E-state index contributed by atoms with van der Waals surface area (Å²) in [5.74, 6) is 3.36. The van der Waals surface area contributed by atoms with Crippen LogP contribution in [0, 0.1) is 23.7 Å². The molecule has 2 heteroatoms. The molecular formula is C19H40N2. The highest BCUT2D eigenvalue weighted by Crippen LogP contribution is 2.33. The van der Waals surface area contributed by atoms with Gasteiger partial charge in [0, 0.05) is 25.7 Å². The second-order valence-electron chi connectivity index (χ2n) is 8.13. The zero-order chi connectivity index (χ0) is 15.8. The summed E-state index contributed by atoms with van der Waals surface area (Å²) < 4.78 is 0. The molecule has 1 aliphatic carbocycles. The fraction of sp³-hybridized carbons (Fsp3) is 1.00. The summed E-state index contributed by atoms with van der Waals surface area (Å²) in [5.41, 5.74) is 0. The zero-order valence-electron chi connectivity index (χ0n) is 15.5. The minimum absolute atomic E-state index is 0.736. The van der Waals surface area contributed by atoms with Crippen molar-refractivity contribution in [2.45, 2.75) is 72.8 Å². The lowest BCUT2D eigenvalue weighted by Crippen LogP contribution is -2.46. The van der Waals surface area contributed by atoms with Gasteiger partial charge in [0.15, 0.2) is 0 Å². The molecule has 0 aromatic heterocycles. The molecule has 3 atom stereocenters. The van der Waals surface area contributed by atoms with Crippen LogP contribution in [0.1, 0.15) is 66.7 Å². The van der Waals surface area contributed by atoms with Crippen molar-refractivity contribution in [2.24, 2.45) is 23.7 Å². The number of nitrogens with one attached hydrogen (secondary N) is 1. The maximum atomic E-state index is 3.60. The van der Waals surface area contributed by atoms with Crippen molar-refractivity contribution in [3.8, 4) is 0 Å². The molecule has 0 radical (unpaired) electrons. The molecule has 2 nitrogen and oxygen atoms in total. The van der Waals surface area contributed by atoms with Gasteiger partial charge in [-0.2, -0.15) is 0 Å². The van der Waals surface area contributed by atoms with Gasteiger partial charge in [-0.1, -0.05) is 47.5 Å². The van der Waals surface area contributed by atoms with E-state index < -0.39 is 0 Å². The van der Waals surface area contributed by atoms with E-state index in [9.17, 15) is 0 Å². The highest BCUT2D eigenvalue weighted by molar-refractivity contribution is 4.86. The summed E-state index contributed by atoms with van der Waals surface area (Å²) in [6, 6.07) is 0.736. The standard InChI is InChI=1S/C19H40N2/c1-7-8-17-9-10-19(20-6)18(11-17)14-21(12-15(2)3)13-16(4)5/h15-20H,7-14H2,1-6H3. The van der Waals surface area contributed by atoms with Gasteiger partial charge in [-0.3, -0.25) is 0 Å². The predicted octanol–water partition coefficient (Wildman–Crippen LogP) is 4.40. The number of hydrogen-bond acceptors (Lipinski definition) is 2. The Balaban J connectivity index is 2.62. The lowest BCUT2D eigenvalue weighted by Gasteiger charge is -2.39. The zero-order valence-corrected chi connectivity index (χ0v) is 15.5. The fourth-order valence-corrected chi connectivity index (χ4v) is 4.20. The van der Waals surface area contributed by atoms with Gasteiger partial charge in [0.05, 0.1) is 0 Å². The summed E-state index contributed by atoms with van der Waals surface area (Å²) >= 11 is 0. The van der Waals surface area contributed by atoms with Gasteiger partial charge in [-0.05, 0) is 50.0 Å². The Bertz CT molecular complexity index is 252. The van der Waals surface area contributed by atoms with Crippen molar-refractivity contribution in [2.75, 3.05) is 26.7 Å². The van der Waals surface area contributed by atoms with Crippen LogP contribution in [0.2, 0.25) is 0 Å². The Hall–Kier alpha value is -0.0800. The molecule has 3 unspecified atom stereocenters. The van der Waals surface area contributed by atoms with E-state index in [1.165, 1.54) is 51.7 Å². The molecule has 0 heterocycles. The molecule has 126 valence electrons. The van der Waals surface area contributed by atoms with E-state index in [4.69, 9.17) is 0 Å². The second-order valence-corrected chi connectivity index (χ2v) is 8.13. The van der Waals surface area contributed by atoms with Crippen LogP contribution in [0.15, 0.2) is 0 Å². The van der Waals surface area contributed by atoms with Gasteiger partial charge in [0.25, 0.3) is 0 Å². The number of nitrogens with zero attached hydrogens (tertiary/aromatic N) is 1. The quantitative estimate of drug-likeness (QED) is 0.678. The third-order valence-corrected chi connectivity index (χ3v) is 4.90. The van der Waals surface area contributed by atoms with Crippen LogP contribution >= 0.6 is 0 Å². The minimum atomic E-state index is 0.736. The molecule has 0 aliphatic heterocycles. The molecule has 1 aliphatic rings. The lowest BCUT2D eigenvalue weighted by molar-refractivity contribution is 0.122. The van der Waals surface area contributed by atoms with E-state index in [-0.39, 0.29) is 0 Å². The number of hydrogen-bond donors (Lipinski definition) is 1. The fourth-order valence-electron chi connectivity index (χ4n) is 4.20. The van der Waals surface area contributed by atoms with E-state index in [2.05, 4.69) is 51.9 Å². The van der Waals surface area contributed by atoms with Crippen molar-refractivity contribution in [1.29, 1.82) is 0 Å². The first-order chi connectivity index (χ1) is 9.96. The molecular weight excluding hydrogens is 256 g/mol. The van der Waals surface area contributed by atoms with E-state index in [1.807, 2.05) is 0 Å². The molecule has 0 bridgehead atoms. The summed E-state index contributed by atoms with van der Waals surface area (Å²) in [5, 5.41) is 3.60. The number of rotatable bonds is 9. The Morgan fingerprint density at radius 2 is 1.67 bits per heavy atom. The maximum Gasteiger partial charge on any atom is 0.0105 e. The molecule has 0 aromatic carbocycles. The highest BCUT2D eigenvalue weighted by Gasteiger charge is 2.30. The largest absolute Gasteiger partial charge is 0.317 e. The Kier molecular flexibility index (Phi) is 8.89. The summed E-state index contributed by atoms with van der Waals surface area (Å²) in [6.45, 7) is 15.5. The average molecular weight is 297 g/mol. The molecule has 1 N–H and O–H groups in total. The van der Waals surface area contributed by atoms with E-state index in [0.717, 1.165) is 29.7 Å². The van der Waals surface area contributed by atoms with E-state index in [1.54, 1.807) is 0 Å². The summed E-state index contributed by atoms with van der Waals surface area (Å²) in [7, 11) is 2.16. The van der Waals surface area contributed by atoms with Gasteiger partial charge in [-0.15, -0.1) is 0 Å². The van der Waals surface area contributed by atoms with Gasteiger partial charge < -0.3 is 10.2 Å². The molecule has 0 amide bonds. The molecule has 0 spiro atoms. The van der Waals surface area contributed by atoms with Crippen LogP contribution < -0.4 is 5.32 Å². The van der Waals surface area contributed by atoms with Crippen molar-refractivity contribution in [3.63, 3.8) is 0 Å². The van der Waals surface area contributed by atoms with Crippen molar-refractivity contribution < 1.29 is 0 Å². The van der Waals surface area contributed by atoms with Gasteiger partial charge in [-0.25, -0.2) is 0 Å². The monoisotopic (exact) mass is 296 g/mol. The van der Waals surface area contributed by atoms with Crippen LogP contribution in [0.4, 0.5) is 0 Å². The first-order valence-electron chi connectivity index (χ1n) is 9.35. The van der Waals surface area contributed by atoms with E-state index >= 15 is 0 Å². The van der Waals surface area contributed by atoms with Crippen LogP contribution in [0.5, 0.6) is 0 Å². The molecule has 0 saturated heterocycles. The van der Waals surface area contributed by atoms with Crippen molar-refractivity contribution in [1.82, 2.24) is 10.2 Å². The Morgan fingerprint density at radius 1 is 1.05 bits per heavy atom. The molecule has 1 fully saturated rings. The third-order valence-electron chi connectivity index (χ3n) is 4.90. The van der Waals surface area contributed by atoms with Crippen LogP contribution in [0.25, 0.3) is 0 Å². The van der Waals surface area contributed by atoms with Crippen LogP contribution in [-0.2, 0) is 0 Å². The first kappa shape index (κ1) is 19.0. The first-order valence-corrected chi connectivity index (χ1v) is 9.35. The molecule has 0 aromatic rings. The topological polar surface area (TPSA) is 15.3 Å². The van der Waals surface area contributed by atoms with E-state index in [0.29, 0.717) is 0 Å². The highest BCUT2D eigenvalue weighted by atomic mass is 15.1. The third kappa shape index (κ3) is 7.15. The lowest BCUT2D eigenvalue weighted by atomic mass is 9.76. The smallest absolute Gasteiger partial charge is 0.0105 e. The second kappa shape index (κ2) is 9.84. The van der Waals surface area contributed by atoms with Crippen molar-refractivity contribution >= 4 is 0 Å². The Labute approximate surface area is 134 Å². The summed E-state index contributed by atoms with van der Waals surface area (Å²) in [4.78, 5) is 2.73. The van der Waals surface area contributed by atoms with Crippen LogP contribution in [0.3, 0.4) is 0 Å². The molecule has 21 heavy (non-hydrogen) atoms. The van der Waals surface area contributed by atoms with Gasteiger partial charge >= 0.3 is 0 Å². The molecule has 1 saturated carbocycles. The maximum absolute atomic E-state index is 3.60. The average Bonchev–Trinajstić information content (AvgIpc) is 2.37. The molecule has 1 rings (SSSR count). The SMILES string of the molecule is CCCC1CCC(NC)C(CN(CC(C)C)CC(C)C)C1. The minimum Gasteiger partial charge on any atom is -0.317 e. The van der Waals surface area contributed by atoms with Crippen molar-refractivity contribution in [3.05, 3.63) is 0 Å². The Morgan fingerprint density at radius 3 is 2.14 bits per heavy atom. The predicted molar refractivity (Wildman–Crippen MR) is 94.7 cm³/mol.